The lowest BCUT2D eigenvalue weighted by Gasteiger charge is -2.21. The van der Waals surface area contributed by atoms with Gasteiger partial charge in [0.1, 0.15) is 19.0 Å². The van der Waals surface area contributed by atoms with Gasteiger partial charge in [-0.3, -0.25) is 4.79 Å². The van der Waals surface area contributed by atoms with Crippen molar-refractivity contribution in [3.8, 4) is 56.9 Å². The second kappa shape index (κ2) is 35.9. The van der Waals surface area contributed by atoms with E-state index in [1.165, 1.54) is 50.4 Å². The number of ether oxygens (including phenoxy) is 4. The summed E-state index contributed by atoms with van der Waals surface area (Å²) in [5, 5.41) is 73.0. The zero-order valence-corrected chi connectivity index (χ0v) is 53.1. The Morgan fingerprint density at radius 3 is 1.23 bits per heavy atom. The number of carbonyl (C=O) groups excluding carboxylic acids is 5. The Labute approximate surface area is 560 Å². The van der Waals surface area contributed by atoms with Gasteiger partial charge in [0, 0.05) is 51.2 Å². The summed E-state index contributed by atoms with van der Waals surface area (Å²) in [7, 11) is 1.34. The first-order chi connectivity index (χ1) is 48.1. The number of tetrazole rings is 5. The summed E-state index contributed by atoms with van der Waals surface area (Å²) in [6.07, 6.45) is 8.66. The molecule has 0 atom stereocenters. The number of rotatable bonds is 19. The van der Waals surface area contributed by atoms with Crippen molar-refractivity contribution in [2.75, 3.05) is 20.3 Å². The Bertz CT molecular complexity index is 4440. The first-order valence-electron chi connectivity index (χ1n) is 30.3. The minimum absolute atomic E-state index is 0.0137. The molecule has 1 aliphatic carbocycles. The number of hydrogen-bond donors (Lipinski definition) is 6. The van der Waals surface area contributed by atoms with E-state index in [-0.39, 0.29) is 37.0 Å². The smallest absolute Gasteiger partial charge is 0.338 e. The van der Waals surface area contributed by atoms with Gasteiger partial charge in [0.15, 0.2) is 0 Å². The second-order valence-electron chi connectivity index (χ2n) is 21.0. The van der Waals surface area contributed by atoms with E-state index in [9.17, 15) is 24.0 Å². The highest BCUT2D eigenvalue weighted by Gasteiger charge is 2.17. The number of benzene rings is 6. The summed E-state index contributed by atoms with van der Waals surface area (Å²) in [5.74, 6) is 2.23. The van der Waals surface area contributed by atoms with E-state index in [4.69, 9.17) is 18.6 Å². The van der Waals surface area contributed by atoms with Gasteiger partial charge in [0.2, 0.25) is 29.1 Å². The number of nitrogens with zero attached hydrogens (tertiary/aromatic N) is 15. The summed E-state index contributed by atoms with van der Waals surface area (Å²) >= 11 is 1.66. The molecule has 6 aromatic carbocycles. The number of carbonyl (C=O) groups is 5. The number of H-pyrrole nitrogens is 5. The van der Waals surface area contributed by atoms with Crippen molar-refractivity contribution in [1.29, 1.82) is 0 Å². The zero-order valence-electron chi connectivity index (χ0n) is 52.2. The first kappa shape index (κ1) is 67.9. The van der Waals surface area contributed by atoms with Crippen LogP contribution in [0.1, 0.15) is 100 Å². The van der Waals surface area contributed by atoms with Crippen LogP contribution in [0.15, 0.2) is 192 Å². The second-order valence-corrected chi connectivity index (χ2v) is 22.0. The van der Waals surface area contributed by atoms with Crippen molar-refractivity contribution >= 4 is 41.1 Å². The molecule has 32 heteroatoms. The summed E-state index contributed by atoms with van der Waals surface area (Å²) in [6, 6.07) is 51.6. The van der Waals surface area contributed by atoms with Crippen molar-refractivity contribution in [2.45, 2.75) is 51.7 Å². The van der Waals surface area contributed by atoms with Crippen LogP contribution < -0.4 is 5.32 Å². The van der Waals surface area contributed by atoms with Crippen molar-refractivity contribution < 1.29 is 47.3 Å². The molecular formula is C66H61N21O10S. The molecule has 6 N–H and O–H groups in total. The molecule has 0 saturated heterocycles. The van der Waals surface area contributed by atoms with Crippen LogP contribution in [0, 0.1) is 5.92 Å². The molecule has 1 saturated carbocycles. The number of nitrogens with one attached hydrogen (secondary N) is 6. The third kappa shape index (κ3) is 20.5. The maximum absolute atomic E-state index is 12.1. The normalized spacial score (nSPS) is 11.5. The van der Waals surface area contributed by atoms with Crippen LogP contribution in [0.3, 0.4) is 0 Å². The minimum Gasteiger partial charge on any atom is -0.466 e. The SMILES string of the molecule is COC(=O)c1ccc(-c2nn[nH]n2)cc1.O=C(NCC1CCCCC1)c1ccc(-c2nn[nH]n2)cc1.O=C(OCCc1cccs1)c1ccc(-c2nn[nH]n2)cc1.O=C(OCc1ccccc1)c1ccc(-c2nn[nH]n2)cc1.O=C(OCc1ccco1)c1ccc(-c2nn[nH]n2)cc1. The van der Waals surface area contributed by atoms with E-state index < -0.39 is 5.97 Å². The maximum atomic E-state index is 12.1. The Morgan fingerprint density at radius 2 is 0.857 bits per heavy atom. The Morgan fingerprint density at radius 1 is 0.449 bits per heavy atom. The highest BCUT2D eigenvalue weighted by molar-refractivity contribution is 7.09. The summed E-state index contributed by atoms with van der Waals surface area (Å²) in [5.41, 5.74) is 7.51. The van der Waals surface area contributed by atoms with E-state index in [0.717, 1.165) is 46.3 Å². The summed E-state index contributed by atoms with van der Waals surface area (Å²) in [6.45, 7) is 1.53. The topological polar surface area (TPSA) is 420 Å². The van der Waals surface area contributed by atoms with Crippen LogP contribution in [0.5, 0.6) is 0 Å². The Kier molecular flexibility index (Phi) is 24.8. The van der Waals surface area contributed by atoms with E-state index in [2.05, 4.69) is 113 Å². The van der Waals surface area contributed by atoms with E-state index in [0.29, 0.717) is 75.2 Å². The number of aromatic amines is 5. The molecule has 0 radical (unpaired) electrons. The molecule has 0 unspecified atom stereocenters. The average molecular weight is 1340 g/mol. The molecule has 31 nitrogen and oxygen atoms in total. The maximum Gasteiger partial charge on any atom is 0.338 e. The number of methoxy groups -OCH3 is 1. The molecule has 14 rings (SSSR count). The van der Waals surface area contributed by atoms with Crippen LogP contribution in [-0.4, -0.2) is 153 Å². The molecular weight excluding hydrogens is 1280 g/mol. The highest BCUT2D eigenvalue weighted by Crippen LogP contribution is 2.24. The summed E-state index contributed by atoms with van der Waals surface area (Å²) < 4.78 is 25.3. The molecule has 0 bridgehead atoms. The number of aromatic nitrogens is 20. The van der Waals surface area contributed by atoms with Crippen molar-refractivity contribution in [3.63, 3.8) is 0 Å². The Balaban J connectivity index is 0.000000133. The minimum atomic E-state index is -0.416. The quantitative estimate of drug-likeness (QED) is 0.0324. The van der Waals surface area contributed by atoms with Crippen LogP contribution in [-0.2, 0) is 38.6 Å². The van der Waals surface area contributed by atoms with E-state index in [1.807, 2.05) is 60.0 Å². The van der Waals surface area contributed by atoms with Crippen LogP contribution >= 0.6 is 11.3 Å². The number of amides is 1. The van der Waals surface area contributed by atoms with E-state index in [1.54, 1.807) is 133 Å². The molecule has 1 fully saturated rings. The fraction of sp³-hybridized carbons (Fsp3) is 0.182. The predicted molar refractivity (Wildman–Crippen MR) is 350 cm³/mol. The highest BCUT2D eigenvalue weighted by atomic mass is 32.1. The lowest BCUT2D eigenvalue weighted by Crippen LogP contribution is -2.30. The van der Waals surface area contributed by atoms with Gasteiger partial charge in [-0.05, 0) is 135 Å². The molecule has 0 spiro atoms. The van der Waals surface area contributed by atoms with Crippen LogP contribution in [0.4, 0.5) is 0 Å². The van der Waals surface area contributed by atoms with E-state index >= 15 is 0 Å². The molecule has 7 aromatic heterocycles. The van der Waals surface area contributed by atoms with Crippen molar-refractivity contribution in [3.05, 3.63) is 232 Å². The predicted octanol–water partition coefficient (Wildman–Crippen LogP) is 9.20. The molecule has 1 aliphatic rings. The third-order valence-electron chi connectivity index (χ3n) is 14.4. The third-order valence-corrected chi connectivity index (χ3v) is 15.3. The molecule has 13 aromatic rings. The van der Waals surface area contributed by atoms with Crippen LogP contribution in [0.2, 0.25) is 0 Å². The fourth-order valence-electron chi connectivity index (χ4n) is 9.26. The van der Waals surface area contributed by atoms with Gasteiger partial charge >= 0.3 is 23.9 Å². The monoisotopic (exact) mass is 1340 g/mol. The van der Waals surface area contributed by atoms with Gasteiger partial charge in [-0.2, -0.15) is 26.1 Å². The molecule has 98 heavy (non-hydrogen) atoms. The molecule has 496 valence electrons. The van der Waals surface area contributed by atoms with Gasteiger partial charge in [-0.1, -0.05) is 116 Å². The number of thiophene rings is 1. The molecule has 7 heterocycles. The lowest BCUT2D eigenvalue weighted by atomic mass is 9.89. The van der Waals surface area contributed by atoms with Gasteiger partial charge in [-0.25, -0.2) is 19.2 Å². The Hall–Kier alpha value is -13.0. The summed E-state index contributed by atoms with van der Waals surface area (Å²) in [4.78, 5) is 60.1. The number of furan rings is 1. The van der Waals surface area contributed by atoms with Crippen molar-refractivity contribution in [1.82, 2.24) is 108 Å². The fourth-order valence-corrected chi connectivity index (χ4v) is 9.95. The van der Waals surface area contributed by atoms with Crippen LogP contribution in [0.25, 0.3) is 56.9 Å². The molecule has 0 aliphatic heterocycles. The number of hydrogen-bond acceptors (Lipinski definition) is 26. The lowest BCUT2D eigenvalue weighted by molar-refractivity contribution is 0.0442. The van der Waals surface area contributed by atoms with Gasteiger partial charge in [-0.15, -0.1) is 62.3 Å². The van der Waals surface area contributed by atoms with Gasteiger partial charge < -0.3 is 28.7 Å². The van der Waals surface area contributed by atoms with Gasteiger partial charge in [0.05, 0.1) is 42.2 Å². The number of esters is 4. The zero-order chi connectivity index (χ0) is 67.9. The average Bonchev–Trinajstić information content (AvgIpc) is 1.83. The van der Waals surface area contributed by atoms with Crippen molar-refractivity contribution in [2.24, 2.45) is 5.92 Å². The molecule has 1 amide bonds. The standard InChI is InChI=1S/C15H19N5O.C15H12N4O2.C14H12N4O2S.C13H10N4O3.C9H8N4O2/c21-15(16-10-11-4-2-1-3-5-11)13-8-6-12(7-9-13)14-17-19-20-18-14;20-15(21-10-11-4-2-1-3-5-11)13-8-6-12(7-9-13)14-16-18-19-17-14;19-14(20-8-7-12-2-1-9-21-12)11-5-3-10(4-6-11)13-15-17-18-16-13;18-13(20-8-11-2-1-7-19-11)10-5-3-9(4-6-10)12-14-16-17-15-12;1-15-9(14)7-4-2-6(3-5-7)8-10-12-13-11-8/h6-9,11H,1-5,10H2,(H,16,21)(H,17,18,19,20);1-9H,10H2,(H,16,17,18,19);1-6,9H,7-8H2,(H,15,16,17,18);1-7H,8H2,(H,14,15,16,17);2-5H,1H3,(H,10,11,12,13). The largest absolute Gasteiger partial charge is 0.466 e. The van der Waals surface area contributed by atoms with Gasteiger partial charge in [0.25, 0.3) is 5.91 Å². The first-order valence-corrected chi connectivity index (χ1v) is 31.2.